The topological polar surface area (TPSA) is 51.0 Å². The van der Waals surface area contributed by atoms with Gasteiger partial charge < -0.3 is 9.47 Å². The molecule has 0 atom stereocenters. The third-order valence-corrected chi connectivity index (χ3v) is 6.19. The number of nitrogens with zero attached hydrogens (tertiary/aromatic N) is 4. The molecule has 1 saturated heterocycles. The van der Waals surface area contributed by atoms with Gasteiger partial charge >= 0.3 is 0 Å². The number of rotatable bonds is 6. The summed E-state index contributed by atoms with van der Waals surface area (Å²) < 4.78 is 2.05. The molecule has 3 heterocycles. The smallest absolute Gasteiger partial charge is 0.233 e. The fourth-order valence-corrected chi connectivity index (χ4v) is 4.45. The van der Waals surface area contributed by atoms with Gasteiger partial charge in [-0.15, -0.1) is 21.5 Å². The van der Waals surface area contributed by atoms with Gasteiger partial charge in [-0.25, -0.2) is 0 Å². The molecule has 0 radical (unpaired) electrons. The maximum absolute atomic E-state index is 12.5. The molecule has 130 valence electrons. The number of aromatic nitrogens is 3. The first-order valence-electron chi connectivity index (χ1n) is 8.64. The van der Waals surface area contributed by atoms with Crippen LogP contribution >= 0.6 is 23.1 Å². The zero-order valence-electron chi connectivity index (χ0n) is 13.9. The highest BCUT2D eigenvalue weighted by Gasteiger charge is 2.16. The molecule has 24 heavy (non-hydrogen) atoms. The molecule has 0 bridgehead atoms. The second-order valence-electron chi connectivity index (χ2n) is 6.07. The summed E-state index contributed by atoms with van der Waals surface area (Å²) in [6, 6.07) is 4.22. The van der Waals surface area contributed by atoms with Crippen molar-refractivity contribution in [2.45, 2.75) is 50.2 Å². The fourth-order valence-electron chi connectivity index (χ4n) is 2.91. The normalized spacial score (nSPS) is 15.9. The van der Waals surface area contributed by atoms with Gasteiger partial charge in [0.2, 0.25) is 5.91 Å². The number of thioether (sulfide) groups is 1. The van der Waals surface area contributed by atoms with Gasteiger partial charge in [0.05, 0.1) is 5.75 Å². The number of likely N-dealkylation sites (tertiary alicyclic amines) is 1. The Labute approximate surface area is 151 Å². The van der Waals surface area contributed by atoms with Crippen LogP contribution in [0.3, 0.4) is 0 Å². The van der Waals surface area contributed by atoms with E-state index >= 15 is 0 Å². The van der Waals surface area contributed by atoms with E-state index in [0.717, 1.165) is 44.1 Å². The summed E-state index contributed by atoms with van der Waals surface area (Å²) in [5.74, 6) is 0.687. The molecule has 1 aliphatic heterocycles. The maximum Gasteiger partial charge on any atom is 0.233 e. The van der Waals surface area contributed by atoms with E-state index in [1.165, 1.54) is 35.9 Å². The van der Waals surface area contributed by atoms with Crippen molar-refractivity contribution in [3.8, 4) is 0 Å². The number of carbonyl (C=O) groups excluding carboxylic acids is 1. The van der Waals surface area contributed by atoms with Crippen LogP contribution in [0.1, 0.15) is 37.0 Å². The summed E-state index contributed by atoms with van der Waals surface area (Å²) in [4.78, 5) is 15.8. The summed E-state index contributed by atoms with van der Waals surface area (Å²) in [5.41, 5.74) is 0. The van der Waals surface area contributed by atoms with Gasteiger partial charge in [-0.05, 0) is 30.7 Å². The number of aryl methyl sites for hydroxylation is 2. The van der Waals surface area contributed by atoms with Crippen molar-refractivity contribution in [1.29, 1.82) is 0 Å². The highest BCUT2D eigenvalue weighted by Crippen LogP contribution is 2.18. The summed E-state index contributed by atoms with van der Waals surface area (Å²) in [5, 5.41) is 11.1. The first-order valence-corrected chi connectivity index (χ1v) is 10.5. The monoisotopic (exact) mass is 364 g/mol. The van der Waals surface area contributed by atoms with Gasteiger partial charge in [-0.2, -0.15) is 0 Å². The summed E-state index contributed by atoms with van der Waals surface area (Å²) in [7, 11) is 0. The number of hydrogen-bond acceptors (Lipinski definition) is 5. The molecule has 3 rings (SSSR count). The summed E-state index contributed by atoms with van der Waals surface area (Å²) in [6.07, 6.45) is 8.80. The van der Waals surface area contributed by atoms with Crippen molar-refractivity contribution in [2.75, 3.05) is 18.8 Å². The van der Waals surface area contributed by atoms with Crippen LogP contribution in [0.15, 0.2) is 29.0 Å². The van der Waals surface area contributed by atoms with Crippen LogP contribution in [0.2, 0.25) is 0 Å². The van der Waals surface area contributed by atoms with Crippen LogP contribution in [0.5, 0.6) is 0 Å². The molecule has 1 amide bonds. The Balaban J connectivity index is 1.49. The highest BCUT2D eigenvalue weighted by atomic mass is 32.2. The van der Waals surface area contributed by atoms with Gasteiger partial charge in [-0.3, -0.25) is 4.79 Å². The van der Waals surface area contributed by atoms with Crippen LogP contribution in [0, 0.1) is 0 Å². The molecule has 0 spiro atoms. The molecule has 2 aromatic heterocycles. The van der Waals surface area contributed by atoms with E-state index < -0.39 is 0 Å². The molecule has 0 N–H and O–H groups in total. The van der Waals surface area contributed by atoms with E-state index in [1.54, 1.807) is 17.7 Å². The summed E-state index contributed by atoms with van der Waals surface area (Å²) in [6.45, 7) is 2.67. The molecular formula is C17H24N4OS2. The average molecular weight is 365 g/mol. The minimum atomic E-state index is 0.231. The Morgan fingerprint density at radius 2 is 2.00 bits per heavy atom. The highest BCUT2D eigenvalue weighted by molar-refractivity contribution is 7.99. The molecule has 1 aliphatic rings. The molecule has 7 heteroatoms. The Hall–Kier alpha value is -1.34. The van der Waals surface area contributed by atoms with Crippen molar-refractivity contribution >= 4 is 29.0 Å². The van der Waals surface area contributed by atoms with E-state index in [9.17, 15) is 4.79 Å². The van der Waals surface area contributed by atoms with E-state index in [2.05, 4.69) is 27.7 Å². The lowest BCUT2D eigenvalue weighted by Gasteiger charge is -2.24. The third-order valence-electron chi connectivity index (χ3n) is 4.29. The molecule has 0 aliphatic carbocycles. The quantitative estimate of drug-likeness (QED) is 0.737. The first-order chi connectivity index (χ1) is 11.8. The average Bonchev–Trinajstić information content (AvgIpc) is 3.22. The van der Waals surface area contributed by atoms with Gasteiger partial charge in [-0.1, -0.05) is 37.1 Å². The van der Waals surface area contributed by atoms with Crippen molar-refractivity contribution in [2.24, 2.45) is 0 Å². The maximum atomic E-state index is 12.5. The number of thiophene rings is 1. The van der Waals surface area contributed by atoms with E-state index in [4.69, 9.17) is 0 Å². The third kappa shape index (κ3) is 5.08. The second-order valence-corrected chi connectivity index (χ2v) is 8.05. The van der Waals surface area contributed by atoms with Crippen molar-refractivity contribution in [1.82, 2.24) is 19.7 Å². The molecule has 2 aromatic rings. The molecule has 0 unspecified atom stereocenters. The fraction of sp³-hybridized carbons (Fsp3) is 0.588. The minimum Gasteiger partial charge on any atom is -0.342 e. The van der Waals surface area contributed by atoms with Crippen LogP contribution in [-0.2, 0) is 17.8 Å². The Bertz CT molecular complexity index is 618. The van der Waals surface area contributed by atoms with Gasteiger partial charge in [0.15, 0.2) is 5.16 Å². The van der Waals surface area contributed by atoms with Crippen LogP contribution in [0.4, 0.5) is 0 Å². The Kier molecular flexibility index (Phi) is 6.72. The minimum absolute atomic E-state index is 0.231. The van der Waals surface area contributed by atoms with Gasteiger partial charge in [0.1, 0.15) is 6.33 Å². The van der Waals surface area contributed by atoms with Crippen LogP contribution in [0.25, 0.3) is 0 Å². The second kappa shape index (κ2) is 9.22. The number of hydrogen-bond donors (Lipinski definition) is 0. The number of amides is 1. The van der Waals surface area contributed by atoms with Gasteiger partial charge in [0.25, 0.3) is 0 Å². The Morgan fingerprint density at radius 3 is 2.75 bits per heavy atom. The van der Waals surface area contributed by atoms with Crippen molar-refractivity contribution in [3.05, 3.63) is 28.7 Å². The summed E-state index contributed by atoms with van der Waals surface area (Å²) >= 11 is 3.28. The SMILES string of the molecule is O=C(CSc1nncn1CCc1cccs1)N1CCCCCCC1. The van der Waals surface area contributed by atoms with E-state index in [1.807, 2.05) is 9.47 Å². The van der Waals surface area contributed by atoms with Crippen molar-refractivity contribution < 1.29 is 4.79 Å². The first kappa shape index (κ1) is 17.5. The molecule has 0 saturated carbocycles. The predicted octanol–water partition coefficient (Wildman–Crippen LogP) is 3.47. The van der Waals surface area contributed by atoms with Crippen LogP contribution < -0.4 is 0 Å². The van der Waals surface area contributed by atoms with Gasteiger partial charge in [0, 0.05) is 24.5 Å². The number of carbonyl (C=O) groups is 1. The standard InChI is InChI=1S/C17H24N4OS2/c22-16(20-9-4-2-1-3-5-10-20)13-24-17-19-18-14-21(17)11-8-15-7-6-12-23-15/h6-7,12,14H,1-5,8-11,13H2. The lowest BCUT2D eigenvalue weighted by atomic mass is 10.1. The zero-order valence-corrected chi connectivity index (χ0v) is 15.5. The zero-order chi connectivity index (χ0) is 16.6. The lowest BCUT2D eigenvalue weighted by molar-refractivity contribution is -0.128. The Morgan fingerprint density at radius 1 is 1.21 bits per heavy atom. The molecular weight excluding hydrogens is 340 g/mol. The lowest BCUT2D eigenvalue weighted by Crippen LogP contribution is -2.35. The predicted molar refractivity (Wildman–Crippen MR) is 98.4 cm³/mol. The molecule has 1 fully saturated rings. The molecule has 0 aromatic carbocycles. The largest absolute Gasteiger partial charge is 0.342 e. The van der Waals surface area contributed by atoms with E-state index in [0.29, 0.717) is 5.75 Å². The van der Waals surface area contributed by atoms with Crippen molar-refractivity contribution in [3.63, 3.8) is 0 Å². The molecule has 5 nitrogen and oxygen atoms in total. The van der Waals surface area contributed by atoms with E-state index in [-0.39, 0.29) is 5.91 Å². The van der Waals surface area contributed by atoms with Crippen LogP contribution in [-0.4, -0.2) is 44.4 Å².